The van der Waals surface area contributed by atoms with Crippen molar-refractivity contribution in [3.05, 3.63) is 70.9 Å². The number of anilines is 1. The first-order chi connectivity index (χ1) is 13.7. The number of carbonyl (C=O) groups excluding carboxylic acids is 2. The minimum absolute atomic E-state index is 0.0230. The highest BCUT2D eigenvalue weighted by Crippen LogP contribution is 2.22. The molecule has 3 heterocycles. The zero-order valence-corrected chi connectivity index (χ0v) is 16.3. The maximum atomic E-state index is 12.8. The van der Waals surface area contributed by atoms with Gasteiger partial charge in [0.25, 0.3) is 5.91 Å². The lowest BCUT2D eigenvalue weighted by Crippen LogP contribution is -2.43. The van der Waals surface area contributed by atoms with Crippen LogP contribution in [0.25, 0.3) is 0 Å². The summed E-state index contributed by atoms with van der Waals surface area (Å²) < 4.78 is 1.98. The first-order valence-corrected chi connectivity index (χ1v) is 10.3. The number of nitrogens with zero attached hydrogens (tertiary/aromatic N) is 3. The van der Waals surface area contributed by atoms with Gasteiger partial charge in [0, 0.05) is 37.7 Å². The van der Waals surface area contributed by atoms with E-state index in [9.17, 15) is 9.59 Å². The molecule has 28 heavy (non-hydrogen) atoms. The molecule has 0 spiro atoms. The van der Waals surface area contributed by atoms with Gasteiger partial charge in [0.15, 0.2) is 0 Å². The summed E-state index contributed by atoms with van der Waals surface area (Å²) in [4.78, 5) is 32.0. The van der Waals surface area contributed by atoms with Crippen LogP contribution in [0.2, 0.25) is 0 Å². The van der Waals surface area contributed by atoms with Crippen LogP contribution >= 0.6 is 11.3 Å². The van der Waals surface area contributed by atoms with E-state index < -0.39 is 0 Å². The van der Waals surface area contributed by atoms with Crippen molar-refractivity contribution in [3.63, 3.8) is 0 Å². The molecule has 1 unspecified atom stereocenters. The molecule has 0 radical (unpaired) electrons. The highest BCUT2D eigenvalue weighted by Gasteiger charge is 2.29. The molecule has 7 heteroatoms. The topological polar surface area (TPSA) is 67.2 Å². The second kappa shape index (κ2) is 8.39. The summed E-state index contributed by atoms with van der Waals surface area (Å²) >= 11 is 1.44. The maximum Gasteiger partial charge on any atom is 0.263 e. The zero-order chi connectivity index (χ0) is 19.3. The molecule has 1 fully saturated rings. The summed E-state index contributed by atoms with van der Waals surface area (Å²) in [6.45, 7) is 1.88. The second-order valence-corrected chi connectivity index (χ2v) is 7.94. The number of rotatable bonds is 5. The van der Waals surface area contributed by atoms with Crippen molar-refractivity contribution in [3.8, 4) is 0 Å². The van der Waals surface area contributed by atoms with E-state index in [0.717, 1.165) is 29.0 Å². The Morgan fingerprint density at radius 3 is 2.96 bits per heavy atom. The molecule has 4 rings (SSSR count). The van der Waals surface area contributed by atoms with E-state index in [0.29, 0.717) is 19.6 Å². The maximum absolute atomic E-state index is 12.8. The third kappa shape index (κ3) is 4.31. The third-order valence-electron chi connectivity index (χ3n) is 4.93. The number of carbonyl (C=O) groups is 2. The van der Waals surface area contributed by atoms with Crippen LogP contribution in [0.4, 0.5) is 5.69 Å². The number of amides is 2. The molecule has 1 N–H and O–H groups in total. The van der Waals surface area contributed by atoms with Gasteiger partial charge in [-0.3, -0.25) is 9.59 Å². The summed E-state index contributed by atoms with van der Waals surface area (Å²) in [5.74, 6) is -0.187. The van der Waals surface area contributed by atoms with Crippen molar-refractivity contribution in [2.45, 2.75) is 19.4 Å². The highest BCUT2D eigenvalue weighted by molar-refractivity contribution is 7.12. The Labute approximate surface area is 167 Å². The molecule has 144 valence electrons. The van der Waals surface area contributed by atoms with Gasteiger partial charge in [-0.05, 0) is 42.0 Å². The quantitative estimate of drug-likeness (QED) is 0.720. The predicted octanol–water partition coefficient (Wildman–Crippen LogP) is 3.48. The molecular formula is C21H22N4O2S. The molecule has 0 bridgehead atoms. The Morgan fingerprint density at radius 2 is 2.18 bits per heavy atom. The average Bonchev–Trinajstić information content (AvgIpc) is 3.42. The van der Waals surface area contributed by atoms with Gasteiger partial charge in [-0.15, -0.1) is 11.3 Å². The number of aromatic nitrogens is 2. The van der Waals surface area contributed by atoms with Crippen LogP contribution in [0, 0.1) is 5.92 Å². The molecule has 1 aliphatic rings. The molecule has 6 nitrogen and oxygen atoms in total. The van der Waals surface area contributed by atoms with E-state index in [4.69, 9.17) is 0 Å². The number of imidazole rings is 1. The zero-order valence-electron chi connectivity index (χ0n) is 15.5. The van der Waals surface area contributed by atoms with Crippen molar-refractivity contribution in [2.75, 3.05) is 18.4 Å². The van der Waals surface area contributed by atoms with Gasteiger partial charge in [0.1, 0.15) is 0 Å². The van der Waals surface area contributed by atoms with Crippen molar-refractivity contribution in [1.29, 1.82) is 0 Å². The Balaban J connectivity index is 1.38. The van der Waals surface area contributed by atoms with Crippen molar-refractivity contribution < 1.29 is 9.59 Å². The number of benzene rings is 1. The van der Waals surface area contributed by atoms with Gasteiger partial charge in [0.2, 0.25) is 5.91 Å². The van der Waals surface area contributed by atoms with Crippen LogP contribution in [0.3, 0.4) is 0 Å². The Kier molecular flexibility index (Phi) is 5.53. The molecule has 1 aliphatic heterocycles. The Morgan fingerprint density at radius 1 is 1.25 bits per heavy atom. The second-order valence-electron chi connectivity index (χ2n) is 6.99. The molecule has 1 saturated heterocycles. The highest BCUT2D eigenvalue weighted by atomic mass is 32.1. The number of nitrogens with one attached hydrogen (secondary N) is 1. The first kappa shape index (κ1) is 18.4. The largest absolute Gasteiger partial charge is 0.337 e. The first-order valence-electron chi connectivity index (χ1n) is 9.37. The van der Waals surface area contributed by atoms with Crippen LogP contribution in [0.15, 0.2) is 60.5 Å². The van der Waals surface area contributed by atoms with Gasteiger partial charge >= 0.3 is 0 Å². The fourth-order valence-corrected chi connectivity index (χ4v) is 4.21. The minimum Gasteiger partial charge on any atom is -0.337 e. The smallest absolute Gasteiger partial charge is 0.263 e. The number of likely N-dealkylation sites (tertiary alicyclic amines) is 1. The van der Waals surface area contributed by atoms with E-state index in [1.165, 1.54) is 11.3 Å². The summed E-state index contributed by atoms with van der Waals surface area (Å²) in [7, 11) is 0. The van der Waals surface area contributed by atoms with Crippen molar-refractivity contribution in [1.82, 2.24) is 14.5 Å². The number of hydrogen-bond donors (Lipinski definition) is 1. The third-order valence-corrected chi connectivity index (χ3v) is 5.79. The van der Waals surface area contributed by atoms with Gasteiger partial charge in [-0.1, -0.05) is 18.2 Å². The van der Waals surface area contributed by atoms with E-state index >= 15 is 0 Å². The van der Waals surface area contributed by atoms with Crippen LogP contribution in [-0.2, 0) is 11.3 Å². The molecule has 1 aromatic carbocycles. The number of piperidine rings is 1. The van der Waals surface area contributed by atoms with Crippen molar-refractivity contribution in [2.24, 2.45) is 5.92 Å². The van der Waals surface area contributed by atoms with E-state index in [1.54, 1.807) is 17.4 Å². The molecular weight excluding hydrogens is 372 g/mol. The van der Waals surface area contributed by atoms with Gasteiger partial charge in [-0.25, -0.2) is 4.98 Å². The van der Waals surface area contributed by atoms with E-state index in [1.807, 2.05) is 52.5 Å². The predicted molar refractivity (Wildman–Crippen MR) is 109 cm³/mol. The van der Waals surface area contributed by atoms with Gasteiger partial charge in [-0.2, -0.15) is 0 Å². The van der Waals surface area contributed by atoms with E-state index in [2.05, 4.69) is 10.3 Å². The van der Waals surface area contributed by atoms with Crippen LogP contribution in [0.1, 0.15) is 28.1 Å². The monoisotopic (exact) mass is 394 g/mol. The van der Waals surface area contributed by atoms with Gasteiger partial charge in [0.05, 0.1) is 17.1 Å². The fourth-order valence-electron chi connectivity index (χ4n) is 3.51. The molecule has 2 aromatic heterocycles. The fraction of sp³-hybridized carbons (Fsp3) is 0.286. The molecule has 2 amide bonds. The number of hydrogen-bond acceptors (Lipinski definition) is 4. The summed E-state index contributed by atoms with van der Waals surface area (Å²) in [6.07, 6.45) is 7.07. The Bertz CT molecular complexity index is 937. The Hall–Kier alpha value is -2.93. The van der Waals surface area contributed by atoms with Crippen LogP contribution in [-0.4, -0.2) is 39.4 Å². The number of thiophene rings is 1. The molecule has 0 aliphatic carbocycles. The summed E-state index contributed by atoms with van der Waals surface area (Å²) in [6, 6.07) is 11.6. The lowest BCUT2D eigenvalue weighted by atomic mass is 9.96. The van der Waals surface area contributed by atoms with Crippen molar-refractivity contribution >= 4 is 28.8 Å². The normalized spacial score (nSPS) is 16.7. The minimum atomic E-state index is -0.185. The van der Waals surface area contributed by atoms with Gasteiger partial charge < -0.3 is 14.8 Å². The summed E-state index contributed by atoms with van der Waals surface area (Å²) in [5.41, 5.74) is 1.87. The lowest BCUT2D eigenvalue weighted by molar-refractivity contribution is -0.121. The molecule has 1 atom stereocenters. The SMILES string of the molecule is O=C(Nc1cccc(Cn2ccnc2)c1)C1CCCN(C(=O)c2cccs2)C1. The lowest BCUT2D eigenvalue weighted by Gasteiger charge is -2.31. The van der Waals surface area contributed by atoms with Crippen LogP contribution < -0.4 is 5.32 Å². The molecule has 3 aromatic rings. The average molecular weight is 395 g/mol. The standard InChI is InChI=1S/C21H22N4O2S/c26-20(17-5-2-9-25(14-17)21(27)19-7-3-11-28-19)23-18-6-1-4-16(12-18)13-24-10-8-22-15-24/h1,3-4,6-8,10-12,15,17H,2,5,9,13-14H2,(H,23,26). The molecule has 0 saturated carbocycles. The van der Waals surface area contributed by atoms with E-state index in [-0.39, 0.29) is 17.7 Å². The summed E-state index contributed by atoms with van der Waals surface area (Å²) in [5, 5.41) is 4.93. The van der Waals surface area contributed by atoms with Crippen LogP contribution in [0.5, 0.6) is 0 Å².